The second-order valence-electron chi connectivity index (χ2n) is 3.65. The Kier molecular flexibility index (Phi) is 2.78. The summed E-state index contributed by atoms with van der Waals surface area (Å²) in [6.07, 6.45) is 0. The Bertz CT molecular complexity index is 430. The number of halogens is 1. The molecular weight excluding hydrogens is 215 g/mol. The molecule has 0 aromatic heterocycles. The van der Waals surface area contributed by atoms with Crippen molar-refractivity contribution >= 4 is 5.97 Å². The van der Waals surface area contributed by atoms with Crippen LogP contribution in [0, 0.1) is 5.82 Å². The maximum atomic E-state index is 13.3. The quantitative estimate of drug-likeness (QED) is 0.836. The van der Waals surface area contributed by atoms with E-state index in [2.05, 4.69) is 0 Å². The van der Waals surface area contributed by atoms with E-state index in [0.717, 1.165) is 0 Å². The van der Waals surface area contributed by atoms with Crippen LogP contribution in [0.2, 0.25) is 0 Å². The smallest absolute Gasteiger partial charge is 0.310 e. The van der Waals surface area contributed by atoms with E-state index < -0.39 is 17.7 Å². The Morgan fingerprint density at radius 2 is 2.31 bits per heavy atom. The molecule has 1 aromatic rings. The number of carbonyl (C=O) groups is 1. The molecule has 1 atom stereocenters. The third-order valence-corrected chi connectivity index (χ3v) is 2.54. The van der Waals surface area contributed by atoms with E-state index in [0.29, 0.717) is 16.9 Å². The molecular formula is C11H11FO4. The highest BCUT2D eigenvalue weighted by atomic mass is 19.1. The van der Waals surface area contributed by atoms with Crippen molar-refractivity contribution in [3.05, 3.63) is 29.1 Å². The molecule has 0 fully saturated rings. The molecule has 1 heterocycles. The zero-order valence-corrected chi connectivity index (χ0v) is 8.70. The normalized spacial score (nSPS) is 16.1. The fourth-order valence-corrected chi connectivity index (χ4v) is 1.66. The van der Waals surface area contributed by atoms with Gasteiger partial charge in [0.15, 0.2) is 6.79 Å². The van der Waals surface area contributed by atoms with Gasteiger partial charge in [0, 0.05) is 11.1 Å². The van der Waals surface area contributed by atoms with Crippen LogP contribution < -0.4 is 4.74 Å². The number of ether oxygens (including phenoxy) is 2. The lowest BCUT2D eigenvalue weighted by Crippen LogP contribution is -2.17. The summed E-state index contributed by atoms with van der Waals surface area (Å²) in [5.41, 5.74) is 0.903. The molecule has 0 bridgehead atoms. The molecule has 1 aliphatic rings. The molecule has 0 amide bonds. The third kappa shape index (κ3) is 1.86. The number of hydrogen-bond donors (Lipinski definition) is 1. The summed E-state index contributed by atoms with van der Waals surface area (Å²) >= 11 is 0. The fraction of sp³-hybridized carbons (Fsp3) is 0.364. The minimum Gasteiger partial charge on any atom is -0.481 e. The maximum Gasteiger partial charge on any atom is 0.310 e. The van der Waals surface area contributed by atoms with Crippen LogP contribution in [0.25, 0.3) is 0 Å². The standard InChI is InChI=1S/C11H11FO4/c1-6(11(13)14)9-3-8(12)2-7-4-15-5-16-10(7)9/h2-3,6H,4-5H2,1H3,(H,13,14). The van der Waals surface area contributed by atoms with Gasteiger partial charge in [-0.3, -0.25) is 4.79 Å². The van der Waals surface area contributed by atoms with Crippen LogP contribution in [0.4, 0.5) is 4.39 Å². The van der Waals surface area contributed by atoms with Gasteiger partial charge in [-0.05, 0) is 19.1 Å². The van der Waals surface area contributed by atoms with Gasteiger partial charge >= 0.3 is 5.97 Å². The summed E-state index contributed by atoms with van der Waals surface area (Å²) < 4.78 is 23.5. The molecule has 1 unspecified atom stereocenters. The second kappa shape index (κ2) is 4.09. The molecule has 2 rings (SSSR count). The first-order valence-corrected chi connectivity index (χ1v) is 4.85. The zero-order chi connectivity index (χ0) is 11.7. The van der Waals surface area contributed by atoms with Gasteiger partial charge in [-0.25, -0.2) is 4.39 Å². The predicted molar refractivity (Wildman–Crippen MR) is 52.7 cm³/mol. The first kappa shape index (κ1) is 10.9. The van der Waals surface area contributed by atoms with Gasteiger partial charge in [-0.15, -0.1) is 0 Å². The number of carboxylic acids is 1. The second-order valence-corrected chi connectivity index (χ2v) is 3.65. The van der Waals surface area contributed by atoms with Crippen LogP contribution in [0.1, 0.15) is 24.0 Å². The lowest BCUT2D eigenvalue weighted by molar-refractivity contribution is -0.138. The van der Waals surface area contributed by atoms with Crippen molar-refractivity contribution in [2.75, 3.05) is 6.79 Å². The molecule has 1 aromatic carbocycles. The van der Waals surface area contributed by atoms with Crippen LogP contribution in [0.5, 0.6) is 5.75 Å². The van der Waals surface area contributed by atoms with Crippen molar-refractivity contribution in [1.82, 2.24) is 0 Å². The summed E-state index contributed by atoms with van der Waals surface area (Å²) in [5.74, 6) is -1.86. The Labute approximate surface area is 91.6 Å². The van der Waals surface area contributed by atoms with Gasteiger partial charge in [-0.2, -0.15) is 0 Å². The summed E-state index contributed by atoms with van der Waals surface area (Å²) in [7, 11) is 0. The van der Waals surface area contributed by atoms with Gasteiger partial charge in [0.2, 0.25) is 0 Å². The Balaban J connectivity index is 2.51. The highest BCUT2D eigenvalue weighted by Gasteiger charge is 2.24. The minimum absolute atomic E-state index is 0.0674. The van der Waals surface area contributed by atoms with Gasteiger partial charge in [0.1, 0.15) is 11.6 Å². The minimum atomic E-state index is -1.01. The number of rotatable bonds is 2. The first-order valence-electron chi connectivity index (χ1n) is 4.85. The summed E-state index contributed by atoms with van der Waals surface area (Å²) in [5, 5.41) is 8.92. The lowest BCUT2D eigenvalue weighted by Gasteiger charge is -2.22. The van der Waals surface area contributed by atoms with E-state index >= 15 is 0 Å². The van der Waals surface area contributed by atoms with Crippen molar-refractivity contribution in [1.29, 1.82) is 0 Å². The predicted octanol–water partition coefficient (Wildman–Crippen LogP) is 1.88. The number of aliphatic carboxylic acids is 1. The van der Waals surface area contributed by atoms with E-state index in [1.54, 1.807) is 0 Å². The Morgan fingerprint density at radius 1 is 1.56 bits per heavy atom. The van der Waals surface area contributed by atoms with Gasteiger partial charge < -0.3 is 14.6 Å². The highest BCUT2D eigenvalue weighted by molar-refractivity contribution is 5.77. The topological polar surface area (TPSA) is 55.8 Å². The molecule has 0 spiro atoms. The largest absolute Gasteiger partial charge is 0.481 e. The number of benzene rings is 1. The van der Waals surface area contributed by atoms with Crippen molar-refractivity contribution in [2.24, 2.45) is 0 Å². The van der Waals surface area contributed by atoms with Crippen molar-refractivity contribution in [3.63, 3.8) is 0 Å². The van der Waals surface area contributed by atoms with Gasteiger partial charge in [0.25, 0.3) is 0 Å². The van der Waals surface area contributed by atoms with Crippen molar-refractivity contribution < 1.29 is 23.8 Å². The van der Waals surface area contributed by atoms with Crippen LogP contribution in [-0.4, -0.2) is 17.9 Å². The maximum absolute atomic E-state index is 13.3. The molecule has 0 aliphatic carbocycles. The third-order valence-electron chi connectivity index (χ3n) is 2.54. The lowest BCUT2D eigenvalue weighted by atomic mass is 9.97. The first-order chi connectivity index (χ1) is 7.59. The van der Waals surface area contributed by atoms with Crippen LogP contribution in [0.15, 0.2) is 12.1 Å². The number of fused-ring (bicyclic) bond motifs is 1. The average Bonchev–Trinajstić information content (AvgIpc) is 2.26. The molecule has 0 radical (unpaired) electrons. The molecule has 16 heavy (non-hydrogen) atoms. The van der Waals surface area contributed by atoms with Crippen molar-refractivity contribution in [3.8, 4) is 5.75 Å². The Hall–Kier alpha value is -1.62. The van der Waals surface area contributed by atoms with Crippen LogP contribution in [0.3, 0.4) is 0 Å². The Morgan fingerprint density at radius 3 is 3.00 bits per heavy atom. The summed E-state index contributed by atoms with van der Waals surface area (Å²) in [6, 6.07) is 2.50. The number of hydrogen-bond acceptors (Lipinski definition) is 3. The fourth-order valence-electron chi connectivity index (χ4n) is 1.66. The molecule has 86 valence electrons. The molecule has 5 heteroatoms. The molecule has 0 saturated heterocycles. The molecule has 1 N–H and O–H groups in total. The summed E-state index contributed by atoms with van der Waals surface area (Å²) in [6.45, 7) is 1.81. The van der Waals surface area contributed by atoms with Crippen LogP contribution >= 0.6 is 0 Å². The van der Waals surface area contributed by atoms with Crippen LogP contribution in [-0.2, 0) is 16.1 Å². The van der Waals surface area contributed by atoms with Crippen molar-refractivity contribution in [2.45, 2.75) is 19.4 Å². The zero-order valence-electron chi connectivity index (χ0n) is 8.70. The monoisotopic (exact) mass is 226 g/mol. The molecule has 4 nitrogen and oxygen atoms in total. The SMILES string of the molecule is CC(C(=O)O)c1cc(F)cc2c1OCOC2. The van der Waals surface area contributed by atoms with Gasteiger partial charge in [-0.1, -0.05) is 0 Å². The van der Waals surface area contributed by atoms with E-state index in [-0.39, 0.29) is 13.4 Å². The van der Waals surface area contributed by atoms with E-state index in [4.69, 9.17) is 14.6 Å². The summed E-state index contributed by atoms with van der Waals surface area (Å²) in [4.78, 5) is 10.9. The van der Waals surface area contributed by atoms with E-state index in [1.807, 2.05) is 0 Å². The number of carboxylic acid groups (broad SMARTS) is 1. The average molecular weight is 226 g/mol. The molecule has 0 saturated carbocycles. The van der Waals surface area contributed by atoms with E-state index in [9.17, 15) is 9.18 Å². The van der Waals surface area contributed by atoms with Gasteiger partial charge in [0.05, 0.1) is 12.5 Å². The highest BCUT2D eigenvalue weighted by Crippen LogP contribution is 2.34. The van der Waals surface area contributed by atoms with E-state index in [1.165, 1.54) is 19.1 Å². The molecule has 1 aliphatic heterocycles.